The molecule has 0 atom stereocenters. The van der Waals surface area contributed by atoms with Gasteiger partial charge in [0.1, 0.15) is 5.82 Å². The van der Waals surface area contributed by atoms with E-state index >= 15 is 0 Å². The van der Waals surface area contributed by atoms with E-state index in [2.05, 4.69) is 15.8 Å². The highest BCUT2D eigenvalue weighted by molar-refractivity contribution is 6.39. The van der Waals surface area contributed by atoms with Gasteiger partial charge < -0.3 is 5.32 Å². The number of nitrogens with zero attached hydrogens (tertiary/aromatic N) is 1. The summed E-state index contributed by atoms with van der Waals surface area (Å²) in [6.45, 7) is 0. The molecular weight excluding hydrogens is 273 g/mol. The molecule has 0 aliphatic carbocycles. The number of rotatable bonds is 3. The van der Waals surface area contributed by atoms with Crippen LogP contribution in [0, 0.1) is 5.82 Å². The molecule has 0 saturated carbocycles. The van der Waals surface area contributed by atoms with Crippen LogP contribution in [0.15, 0.2) is 59.7 Å². The standard InChI is InChI=1S/C15H12FN3O2/c16-12-6-8-13(9-7-12)18-14(20)15(21)19-17-10-11-4-2-1-3-5-11/h1-10H,(H,18,20)(H,19,21)/b17-10+. The molecule has 2 aromatic carbocycles. The molecule has 5 nitrogen and oxygen atoms in total. The van der Waals surface area contributed by atoms with Crippen molar-refractivity contribution < 1.29 is 14.0 Å². The minimum absolute atomic E-state index is 0.323. The number of halogens is 1. The molecule has 0 aliphatic heterocycles. The van der Waals surface area contributed by atoms with Crippen molar-refractivity contribution in [3.8, 4) is 0 Å². The largest absolute Gasteiger partial charge is 0.329 e. The van der Waals surface area contributed by atoms with E-state index in [1.165, 1.54) is 30.5 Å². The van der Waals surface area contributed by atoms with Gasteiger partial charge in [0, 0.05) is 5.69 Å². The quantitative estimate of drug-likeness (QED) is 0.514. The van der Waals surface area contributed by atoms with Gasteiger partial charge in [-0.25, -0.2) is 9.82 Å². The smallest absolute Gasteiger partial charge is 0.318 e. The minimum atomic E-state index is -0.911. The second kappa shape index (κ2) is 6.95. The number of hydrogen-bond donors (Lipinski definition) is 2. The molecule has 0 radical (unpaired) electrons. The first-order valence-electron chi connectivity index (χ1n) is 6.10. The molecule has 0 bridgehead atoms. The maximum absolute atomic E-state index is 12.7. The summed E-state index contributed by atoms with van der Waals surface area (Å²) in [5.74, 6) is -2.22. The Morgan fingerprint density at radius 3 is 2.29 bits per heavy atom. The Balaban J connectivity index is 1.87. The van der Waals surface area contributed by atoms with Gasteiger partial charge in [0.2, 0.25) is 0 Å². The number of anilines is 1. The Labute approximate surface area is 120 Å². The zero-order valence-electron chi connectivity index (χ0n) is 10.9. The van der Waals surface area contributed by atoms with E-state index in [0.717, 1.165) is 5.56 Å². The molecule has 0 fully saturated rings. The molecule has 2 N–H and O–H groups in total. The molecule has 0 aromatic heterocycles. The number of hydrazone groups is 1. The number of nitrogens with one attached hydrogen (secondary N) is 2. The molecule has 106 valence electrons. The minimum Gasteiger partial charge on any atom is -0.318 e. The van der Waals surface area contributed by atoms with Gasteiger partial charge in [-0.2, -0.15) is 5.10 Å². The van der Waals surface area contributed by atoms with Gasteiger partial charge in [0.05, 0.1) is 6.21 Å². The topological polar surface area (TPSA) is 70.6 Å². The van der Waals surface area contributed by atoms with Gasteiger partial charge in [-0.05, 0) is 29.8 Å². The number of hydrogen-bond acceptors (Lipinski definition) is 3. The second-order valence-electron chi connectivity index (χ2n) is 4.07. The van der Waals surface area contributed by atoms with E-state index in [0.29, 0.717) is 5.69 Å². The first-order chi connectivity index (χ1) is 10.1. The van der Waals surface area contributed by atoms with Gasteiger partial charge in [-0.3, -0.25) is 9.59 Å². The average Bonchev–Trinajstić information content (AvgIpc) is 2.50. The van der Waals surface area contributed by atoms with E-state index in [-0.39, 0.29) is 0 Å². The number of amides is 2. The second-order valence-corrected chi connectivity index (χ2v) is 4.07. The maximum Gasteiger partial charge on any atom is 0.329 e. The van der Waals surface area contributed by atoms with Crippen molar-refractivity contribution in [2.24, 2.45) is 5.10 Å². The van der Waals surface area contributed by atoms with E-state index in [4.69, 9.17) is 0 Å². The molecule has 0 saturated heterocycles. The van der Waals surface area contributed by atoms with Crippen molar-refractivity contribution in [1.29, 1.82) is 0 Å². The maximum atomic E-state index is 12.7. The molecule has 0 heterocycles. The predicted octanol–water partition coefficient (Wildman–Crippen LogP) is 1.91. The molecule has 0 aliphatic rings. The third-order valence-electron chi connectivity index (χ3n) is 2.49. The average molecular weight is 285 g/mol. The van der Waals surface area contributed by atoms with Gasteiger partial charge in [-0.15, -0.1) is 0 Å². The summed E-state index contributed by atoms with van der Waals surface area (Å²) >= 11 is 0. The zero-order chi connectivity index (χ0) is 15.1. The first kappa shape index (κ1) is 14.4. The summed E-state index contributed by atoms with van der Waals surface area (Å²) in [5.41, 5.74) is 3.22. The highest BCUT2D eigenvalue weighted by Crippen LogP contribution is 2.07. The Kier molecular flexibility index (Phi) is 4.76. The lowest BCUT2D eigenvalue weighted by Crippen LogP contribution is -2.32. The predicted molar refractivity (Wildman–Crippen MR) is 77.2 cm³/mol. The Hall–Kier alpha value is -3.02. The van der Waals surface area contributed by atoms with Crippen molar-refractivity contribution in [3.05, 3.63) is 66.0 Å². The fourth-order valence-electron chi connectivity index (χ4n) is 1.48. The zero-order valence-corrected chi connectivity index (χ0v) is 10.9. The lowest BCUT2D eigenvalue weighted by atomic mass is 10.2. The Morgan fingerprint density at radius 1 is 0.952 bits per heavy atom. The molecule has 21 heavy (non-hydrogen) atoms. The van der Waals surface area contributed by atoms with E-state index in [9.17, 15) is 14.0 Å². The van der Waals surface area contributed by atoms with Gasteiger partial charge in [0.25, 0.3) is 0 Å². The number of benzene rings is 2. The van der Waals surface area contributed by atoms with E-state index in [1.807, 2.05) is 18.2 Å². The third-order valence-corrected chi connectivity index (χ3v) is 2.49. The van der Waals surface area contributed by atoms with Crippen molar-refractivity contribution >= 4 is 23.7 Å². The third kappa shape index (κ3) is 4.54. The first-order valence-corrected chi connectivity index (χ1v) is 6.10. The van der Waals surface area contributed by atoms with Gasteiger partial charge in [0.15, 0.2) is 0 Å². The molecular formula is C15H12FN3O2. The van der Waals surface area contributed by atoms with Crippen LogP contribution in [0.4, 0.5) is 10.1 Å². The van der Waals surface area contributed by atoms with E-state index in [1.54, 1.807) is 12.1 Å². The van der Waals surface area contributed by atoms with Crippen LogP contribution in [0.2, 0.25) is 0 Å². The molecule has 2 aromatic rings. The highest BCUT2D eigenvalue weighted by Gasteiger charge is 2.12. The van der Waals surface area contributed by atoms with Crippen LogP contribution >= 0.6 is 0 Å². The SMILES string of the molecule is O=C(N/N=C/c1ccccc1)C(=O)Nc1ccc(F)cc1. The fourth-order valence-corrected chi connectivity index (χ4v) is 1.48. The molecule has 0 spiro atoms. The fraction of sp³-hybridized carbons (Fsp3) is 0. The van der Waals surface area contributed by atoms with Crippen molar-refractivity contribution in [2.45, 2.75) is 0 Å². The number of carbonyl (C=O) groups excluding carboxylic acids is 2. The van der Waals surface area contributed by atoms with Crippen LogP contribution in [0.3, 0.4) is 0 Å². The van der Waals surface area contributed by atoms with Crippen LogP contribution in [0.1, 0.15) is 5.56 Å². The molecule has 6 heteroatoms. The highest BCUT2D eigenvalue weighted by atomic mass is 19.1. The Bertz CT molecular complexity index is 654. The van der Waals surface area contributed by atoms with Gasteiger partial charge in [-0.1, -0.05) is 30.3 Å². The lowest BCUT2D eigenvalue weighted by Gasteiger charge is -2.03. The van der Waals surface area contributed by atoms with E-state index < -0.39 is 17.6 Å². The lowest BCUT2D eigenvalue weighted by molar-refractivity contribution is -0.136. The summed E-state index contributed by atoms with van der Waals surface area (Å²) in [6, 6.07) is 14.2. The summed E-state index contributed by atoms with van der Waals surface area (Å²) < 4.78 is 12.7. The summed E-state index contributed by atoms with van der Waals surface area (Å²) in [4.78, 5) is 23.0. The van der Waals surface area contributed by atoms with Crippen LogP contribution in [0.5, 0.6) is 0 Å². The van der Waals surface area contributed by atoms with Crippen LogP contribution in [0.25, 0.3) is 0 Å². The van der Waals surface area contributed by atoms with Gasteiger partial charge >= 0.3 is 11.8 Å². The summed E-state index contributed by atoms with van der Waals surface area (Å²) in [7, 11) is 0. The molecule has 2 amide bonds. The van der Waals surface area contributed by atoms with Crippen LogP contribution < -0.4 is 10.7 Å². The van der Waals surface area contributed by atoms with Crippen molar-refractivity contribution in [3.63, 3.8) is 0 Å². The normalized spacial score (nSPS) is 10.3. The van der Waals surface area contributed by atoms with Crippen LogP contribution in [-0.2, 0) is 9.59 Å². The Morgan fingerprint density at radius 2 is 1.62 bits per heavy atom. The number of carbonyl (C=O) groups is 2. The summed E-state index contributed by atoms with van der Waals surface area (Å²) in [6.07, 6.45) is 1.42. The monoisotopic (exact) mass is 285 g/mol. The van der Waals surface area contributed by atoms with Crippen LogP contribution in [-0.4, -0.2) is 18.0 Å². The van der Waals surface area contributed by atoms with Crippen molar-refractivity contribution in [1.82, 2.24) is 5.43 Å². The molecule has 2 rings (SSSR count). The van der Waals surface area contributed by atoms with Crippen molar-refractivity contribution in [2.75, 3.05) is 5.32 Å². The summed E-state index contributed by atoms with van der Waals surface area (Å²) in [5, 5.41) is 6.00. The molecule has 0 unspecified atom stereocenters.